The molecule has 0 aromatic heterocycles. The van der Waals surface area contributed by atoms with Gasteiger partial charge in [0.05, 0.1) is 19.3 Å². The third-order valence-electron chi connectivity index (χ3n) is 3.42. The lowest BCUT2D eigenvalue weighted by atomic mass is 10.3. The van der Waals surface area contributed by atoms with Crippen molar-refractivity contribution in [2.45, 2.75) is 39.7 Å². The van der Waals surface area contributed by atoms with Crippen LogP contribution in [0.15, 0.2) is 4.99 Å². The number of guanidine groups is 1. The molecule has 0 unspecified atom stereocenters. The lowest BCUT2D eigenvalue weighted by Gasteiger charge is -2.26. The van der Waals surface area contributed by atoms with Crippen LogP contribution in [-0.2, 0) is 9.47 Å². The average molecular weight is 442 g/mol. The quantitative estimate of drug-likeness (QED) is 0.234. The first kappa shape index (κ1) is 22.9. The third kappa shape index (κ3) is 12.9. The lowest BCUT2D eigenvalue weighted by Crippen LogP contribution is -2.40. The zero-order valence-corrected chi connectivity index (χ0v) is 17.3. The predicted molar refractivity (Wildman–Crippen MR) is 107 cm³/mol. The van der Waals surface area contributed by atoms with Gasteiger partial charge < -0.3 is 20.1 Å². The molecule has 2 N–H and O–H groups in total. The van der Waals surface area contributed by atoms with Crippen molar-refractivity contribution in [1.29, 1.82) is 0 Å². The van der Waals surface area contributed by atoms with E-state index >= 15 is 0 Å². The Bertz CT molecular complexity index is 298. The molecule has 23 heavy (non-hydrogen) atoms. The number of aliphatic imine (C=N–C) groups is 1. The number of nitrogens with one attached hydrogen (secondary N) is 2. The molecule has 138 valence electrons. The highest BCUT2D eigenvalue weighted by molar-refractivity contribution is 14.0. The van der Waals surface area contributed by atoms with Crippen molar-refractivity contribution in [2.24, 2.45) is 4.99 Å². The second-order valence-corrected chi connectivity index (χ2v) is 5.77. The summed E-state index contributed by atoms with van der Waals surface area (Å²) in [4.78, 5) is 7.03. The molecule has 0 aromatic rings. The molecule has 1 aliphatic rings. The molecule has 1 fully saturated rings. The van der Waals surface area contributed by atoms with Crippen molar-refractivity contribution in [3.63, 3.8) is 0 Å². The Labute approximate surface area is 158 Å². The summed E-state index contributed by atoms with van der Waals surface area (Å²) in [6, 6.07) is 0. The van der Waals surface area contributed by atoms with Crippen LogP contribution in [0.2, 0.25) is 0 Å². The van der Waals surface area contributed by atoms with Gasteiger partial charge in [0, 0.05) is 39.3 Å². The molecule has 1 saturated heterocycles. The highest BCUT2D eigenvalue weighted by Crippen LogP contribution is 1.97. The number of nitrogens with zero attached hydrogens (tertiary/aromatic N) is 2. The second kappa shape index (κ2) is 15.4. The lowest BCUT2D eigenvalue weighted by molar-refractivity contribution is 0.0376. The van der Waals surface area contributed by atoms with E-state index in [2.05, 4.69) is 41.3 Å². The Hall–Kier alpha value is -0.120. The molecular formula is C16H35IN4O2. The molecule has 0 aliphatic carbocycles. The minimum atomic E-state index is 0. The summed E-state index contributed by atoms with van der Waals surface area (Å²) < 4.78 is 10.9. The van der Waals surface area contributed by atoms with E-state index in [-0.39, 0.29) is 24.0 Å². The monoisotopic (exact) mass is 442 g/mol. The summed E-state index contributed by atoms with van der Waals surface area (Å²) >= 11 is 0. The molecule has 0 saturated carbocycles. The number of morpholine rings is 1. The van der Waals surface area contributed by atoms with E-state index in [1.165, 1.54) is 0 Å². The minimum absolute atomic E-state index is 0. The van der Waals surface area contributed by atoms with Gasteiger partial charge in [-0.15, -0.1) is 24.0 Å². The largest absolute Gasteiger partial charge is 0.379 e. The summed E-state index contributed by atoms with van der Waals surface area (Å²) in [6.45, 7) is 14.6. The van der Waals surface area contributed by atoms with Gasteiger partial charge in [0.25, 0.3) is 0 Å². The van der Waals surface area contributed by atoms with E-state index in [9.17, 15) is 0 Å². The number of hydrogen-bond acceptors (Lipinski definition) is 4. The molecule has 0 bridgehead atoms. The number of hydrogen-bond donors (Lipinski definition) is 2. The second-order valence-electron chi connectivity index (χ2n) is 5.77. The highest BCUT2D eigenvalue weighted by Gasteiger charge is 2.09. The van der Waals surface area contributed by atoms with Gasteiger partial charge in [-0.1, -0.05) is 0 Å². The van der Waals surface area contributed by atoms with Gasteiger partial charge in [-0.25, -0.2) is 0 Å². The number of halogens is 1. The van der Waals surface area contributed by atoms with Crippen LogP contribution in [-0.4, -0.2) is 76.1 Å². The summed E-state index contributed by atoms with van der Waals surface area (Å²) in [5, 5.41) is 6.69. The molecule has 0 atom stereocenters. The molecule has 1 aliphatic heterocycles. The third-order valence-corrected chi connectivity index (χ3v) is 3.42. The molecule has 1 rings (SSSR count). The molecule has 0 aromatic carbocycles. The maximum Gasteiger partial charge on any atom is 0.191 e. The van der Waals surface area contributed by atoms with Crippen LogP contribution in [0.4, 0.5) is 0 Å². The van der Waals surface area contributed by atoms with Crippen LogP contribution in [0.5, 0.6) is 0 Å². The van der Waals surface area contributed by atoms with Crippen molar-refractivity contribution < 1.29 is 9.47 Å². The fourth-order valence-electron chi connectivity index (χ4n) is 2.25. The molecule has 0 amide bonds. The van der Waals surface area contributed by atoms with E-state index in [4.69, 9.17) is 9.47 Å². The number of ether oxygens (including phenoxy) is 2. The normalized spacial score (nSPS) is 16.3. The van der Waals surface area contributed by atoms with Gasteiger partial charge in [0.1, 0.15) is 0 Å². The highest BCUT2D eigenvalue weighted by atomic mass is 127. The standard InChI is InChI=1S/C16H34N4O2.HI/c1-4-17-16(19-8-6-12-22-15(2)3)18-7-5-9-20-10-13-21-14-11-20;/h15H,4-14H2,1-3H3,(H2,17,18,19);1H. The van der Waals surface area contributed by atoms with Crippen LogP contribution < -0.4 is 10.6 Å². The average Bonchev–Trinajstić information content (AvgIpc) is 2.51. The van der Waals surface area contributed by atoms with Gasteiger partial charge in [0.2, 0.25) is 0 Å². The Balaban J connectivity index is 0.00000484. The Morgan fingerprint density at radius 3 is 2.61 bits per heavy atom. The molecule has 0 radical (unpaired) electrons. The maximum atomic E-state index is 5.52. The fraction of sp³-hybridized carbons (Fsp3) is 0.938. The van der Waals surface area contributed by atoms with Crippen molar-refractivity contribution in [2.75, 3.05) is 59.1 Å². The maximum absolute atomic E-state index is 5.52. The molecule has 6 nitrogen and oxygen atoms in total. The van der Waals surface area contributed by atoms with Gasteiger partial charge in [0.15, 0.2) is 5.96 Å². The first-order valence-corrected chi connectivity index (χ1v) is 8.66. The zero-order chi connectivity index (χ0) is 16.0. The number of rotatable bonds is 10. The summed E-state index contributed by atoms with van der Waals surface area (Å²) in [5.41, 5.74) is 0. The topological polar surface area (TPSA) is 58.1 Å². The van der Waals surface area contributed by atoms with E-state index in [0.717, 1.165) is 77.9 Å². The minimum Gasteiger partial charge on any atom is -0.379 e. The Kier molecular flexibility index (Phi) is 15.3. The predicted octanol–water partition coefficient (Wildman–Crippen LogP) is 1.70. The van der Waals surface area contributed by atoms with Crippen LogP contribution in [0.3, 0.4) is 0 Å². The van der Waals surface area contributed by atoms with Crippen molar-refractivity contribution >= 4 is 29.9 Å². The fourth-order valence-corrected chi connectivity index (χ4v) is 2.25. The van der Waals surface area contributed by atoms with Crippen LogP contribution >= 0.6 is 24.0 Å². The van der Waals surface area contributed by atoms with Crippen LogP contribution in [0.1, 0.15) is 33.6 Å². The smallest absolute Gasteiger partial charge is 0.191 e. The van der Waals surface area contributed by atoms with Crippen LogP contribution in [0.25, 0.3) is 0 Å². The van der Waals surface area contributed by atoms with E-state index in [1.54, 1.807) is 0 Å². The molecule has 7 heteroatoms. The first-order chi connectivity index (χ1) is 10.7. The van der Waals surface area contributed by atoms with Crippen molar-refractivity contribution in [1.82, 2.24) is 15.5 Å². The van der Waals surface area contributed by atoms with E-state index in [0.29, 0.717) is 6.10 Å². The van der Waals surface area contributed by atoms with Crippen molar-refractivity contribution in [3.8, 4) is 0 Å². The molecule has 0 spiro atoms. The van der Waals surface area contributed by atoms with Gasteiger partial charge >= 0.3 is 0 Å². The summed E-state index contributed by atoms with van der Waals surface area (Å²) in [7, 11) is 0. The zero-order valence-electron chi connectivity index (χ0n) is 15.0. The first-order valence-electron chi connectivity index (χ1n) is 8.66. The Morgan fingerprint density at radius 2 is 1.96 bits per heavy atom. The van der Waals surface area contributed by atoms with Crippen LogP contribution in [0, 0.1) is 0 Å². The summed E-state index contributed by atoms with van der Waals surface area (Å²) in [6.07, 6.45) is 2.39. The van der Waals surface area contributed by atoms with Gasteiger partial charge in [-0.2, -0.15) is 0 Å². The summed E-state index contributed by atoms with van der Waals surface area (Å²) in [5.74, 6) is 0.911. The van der Waals surface area contributed by atoms with Gasteiger partial charge in [-0.05, 0) is 40.2 Å². The Morgan fingerprint density at radius 1 is 1.22 bits per heavy atom. The van der Waals surface area contributed by atoms with E-state index < -0.39 is 0 Å². The molecular weight excluding hydrogens is 407 g/mol. The molecule has 1 heterocycles. The van der Waals surface area contributed by atoms with E-state index in [1.807, 2.05) is 0 Å². The van der Waals surface area contributed by atoms with Gasteiger partial charge in [-0.3, -0.25) is 9.89 Å². The van der Waals surface area contributed by atoms with Crippen molar-refractivity contribution in [3.05, 3.63) is 0 Å². The SMILES string of the molecule is CCNC(=NCCCOC(C)C)NCCCN1CCOCC1.I.